The molecule has 4 fully saturated rings. The van der Waals surface area contributed by atoms with Crippen LogP contribution in [-0.4, -0.2) is 25.0 Å². The number of hydrogen-bond acceptors (Lipinski definition) is 3. The lowest BCUT2D eigenvalue weighted by molar-refractivity contribution is -0.246. The van der Waals surface area contributed by atoms with Crippen molar-refractivity contribution in [3.63, 3.8) is 0 Å². The molecule has 0 amide bonds. The molecule has 0 radical (unpaired) electrons. The molecule has 3 aliphatic carbocycles. The molecule has 1 heterocycles. The molecule has 1 aliphatic heterocycles. The first kappa shape index (κ1) is 9.13. The predicted molar refractivity (Wildman–Crippen MR) is 52.7 cm³/mol. The Morgan fingerprint density at radius 1 is 1.21 bits per heavy atom. The first-order chi connectivity index (χ1) is 6.82. The van der Waals surface area contributed by atoms with Gasteiger partial charge in [-0.3, -0.25) is 0 Å². The molecule has 1 saturated heterocycles. The van der Waals surface area contributed by atoms with Crippen LogP contribution in [0.3, 0.4) is 0 Å². The van der Waals surface area contributed by atoms with Gasteiger partial charge in [-0.2, -0.15) is 0 Å². The second-order valence-electron chi connectivity index (χ2n) is 5.02. The summed E-state index contributed by atoms with van der Waals surface area (Å²) in [5.74, 6) is 1.27. The van der Waals surface area contributed by atoms with Gasteiger partial charge >= 0.3 is 0 Å². The number of nitrogens with two attached hydrogens (primary N) is 1. The van der Waals surface area contributed by atoms with Crippen LogP contribution in [0.1, 0.15) is 32.1 Å². The van der Waals surface area contributed by atoms with Crippen molar-refractivity contribution >= 4 is 0 Å². The number of fused-ring (bicyclic) bond motifs is 2. The molecule has 4 rings (SSSR count). The van der Waals surface area contributed by atoms with Crippen molar-refractivity contribution in [3.05, 3.63) is 0 Å². The molecular weight excluding hydrogens is 178 g/mol. The lowest BCUT2D eigenvalue weighted by Gasteiger charge is -2.48. The smallest absolute Gasteiger partial charge is 0.171 e. The van der Waals surface area contributed by atoms with Crippen LogP contribution in [0.2, 0.25) is 0 Å². The van der Waals surface area contributed by atoms with Gasteiger partial charge in [0.1, 0.15) is 0 Å². The van der Waals surface area contributed by atoms with Gasteiger partial charge in [0.2, 0.25) is 0 Å². The minimum atomic E-state index is -0.217. The molecule has 3 heteroatoms. The third-order valence-corrected chi connectivity index (χ3v) is 4.18. The van der Waals surface area contributed by atoms with Gasteiger partial charge in [-0.25, -0.2) is 0 Å². The van der Waals surface area contributed by atoms with Crippen LogP contribution in [0, 0.1) is 11.8 Å². The van der Waals surface area contributed by atoms with E-state index in [4.69, 9.17) is 15.2 Å². The number of hydrogen-bond donors (Lipinski definition) is 1. The van der Waals surface area contributed by atoms with Crippen molar-refractivity contribution < 1.29 is 9.47 Å². The minimum Gasteiger partial charge on any atom is -0.347 e. The van der Waals surface area contributed by atoms with E-state index >= 15 is 0 Å². The lowest BCUT2D eigenvalue weighted by Crippen LogP contribution is -2.49. The van der Waals surface area contributed by atoms with Crippen molar-refractivity contribution in [3.8, 4) is 0 Å². The van der Waals surface area contributed by atoms with Gasteiger partial charge < -0.3 is 15.2 Å². The first-order valence-corrected chi connectivity index (χ1v) is 5.84. The van der Waals surface area contributed by atoms with E-state index in [0.717, 1.165) is 12.3 Å². The summed E-state index contributed by atoms with van der Waals surface area (Å²) in [5.41, 5.74) is 5.62. The molecular formula is C11H19NO2. The monoisotopic (exact) mass is 197 g/mol. The van der Waals surface area contributed by atoms with E-state index in [-0.39, 0.29) is 11.9 Å². The van der Waals surface area contributed by atoms with E-state index in [0.29, 0.717) is 19.1 Å². The van der Waals surface area contributed by atoms with E-state index < -0.39 is 0 Å². The fourth-order valence-corrected chi connectivity index (χ4v) is 3.40. The standard InChI is InChI=1S/C11H19NO2/c12-6-10-7-13-11(14-10)5-8-1-3-9(11)4-2-8/h8-10H,1-7,12H2. The van der Waals surface area contributed by atoms with Crippen LogP contribution in [0.25, 0.3) is 0 Å². The molecule has 2 unspecified atom stereocenters. The highest BCUT2D eigenvalue weighted by atomic mass is 16.7. The number of ether oxygens (including phenoxy) is 2. The fourth-order valence-electron chi connectivity index (χ4n) is 3.40. The fraction of sp³-hybridized carbons (Fsp3) is 1.00. The Bertz CT molecular complexity index is 225. The molecule has 0 aromatic carbocycles. The Balaban J connectivity index is 1.78. The average Bonchev–Trinajstić information content (AvgIpc) is 2.63. The van der Waals surface area contributed by atoms with Crippen LogP contribution in [-0.2, 0) is 9.47 Å². The van der Waals surface area contributed by atoms with E-state index in [1.54, 1.807) is 0 Å². The zero-order valence-electron chi connectivity index (χ0n) is 8.58. The van der Waals surface area contributed by atoms with Gasteiger partial charge in [0.05, 0.1) is 12.7 Å². The van der Waals surface area contributed by atoms with Gasteiger partial charge in [-0.05, 0) is 31.6 Å². The Hall–Kier alpha value is -0.120. The zero-order valence-corrected chi connectivity index (χ0v) is 8.58. The van der Waals surface area contributed by atoms with E-state index in [1.165, 1.54) is 25.7 Å². The molecule has 3 saturated carbocycles. The summed E-state index contributed by atoms with van der Waals surface area (Å²) >= 11 is 0. The van der Waals surface area contributed by atoms with Crippen molar-refractivity contribution in [2.24, 2.45) is 17.6 Å². The third-order valence-electron chi connectivity index (χ3n) is 4.18. The Morgan fingerprint density at radius 3 is 2.50 bits per heavy atom. The molecule has 2 N–H and O–H groups in total. The highest BCUT2D eigenvalue weighted by molar-refractivity contribution is 4.96. The second-order valence-corrected chi connectivity index (χ2v) is 5.02. The third kappa shape index (κ3) is 1.23. The Kier molecular flexibility index (Phi) is 2.08. The summed E-state index contributed by atoms with van der Waals surface area (Å²) in [6, 6.07) is 0. The van der Waals surface area contributed by atoms with E-state index in [9.17, 15) is 0 Å². The number of rotatable bonds is 1. The quantitative estimate of drug-likeness (QED) is 0.688. The van der Waals surface area contributed by atoms with Crippen LogP contribution in [0.5, 0.6) is 0 Å². The summed E-state index contributed by atoms with van der Waals surface area (Å²) in [5, 5.41) is 0. The molecule has 80 valence electrons. The summed E-state index contributed by atoms with van der Waals surface area (Å²) in [4.78, 5) is 0. The summed E-state index contributed by atoms with van der Waals surface area (Å²) in [6.07, 6.45) is 6.62. The maximum Gasteiger partial charge on any atom is 0.171 e. The first-order valence-electron chi connectivity index (χ1n) is 5.84. The van der Waals surface area contributed by atoms with Gasteiger partial charge in [0.25, 0.3) is 0 Å². The van der Waals surface area contributed by atoms with Crippen molar-refractivity contribution in [2.45, 2.75) is 44.0 Å². The Labute approximate surface area is 84.9 Å². The van der Waals surface area contributed by atoms with E-state index in [2.05, 4.69) is 0 Å². The van der Waals surface area contributed by atoms with E-state index in [1.807, 2.05) is 0 Å². The predicted octanol–water partition coefficient (Wildman–Crippen LogP) is 1.27. The van der Waals surface area contributed by atoms with Crippen molar-refractivity contribution in [2.75, 3.05) is 13.2 Å². The molecule has 4 aliphatic rings. The van der Waals surface area contributed by atoms with Gasteiger partial charge in [0.15, 0.2) is 5.79 Å². The second kappa shape index (κ2) is 3.19. The largest absolute Gasteiger partial charge is 0.347 e. The maximum absolute atomic E-state index is 6.03. The van der Waals surface area contributed by atoms with Crippen molar-refractivity contribution in [1.82, 2.24) is 0 Å². The summed E-state index contributed by atoms with van der Waals surface area (Å²) < 4.78 is 11.9. The molecule has 2 bridgehead atoms. The minimum absolute atomic E-state index is 0.148. The van der Waals surface area contributed by atoms with Crippen LogP contribution >= 0.6 is 0 Å². The average molecular weight is 197 g/mol. The lowest BCUT2D eigenvalue weighted by atomic mass is 9.67. The zero-order chi connectivity index (χ0) is 9.60. The maximum atomic E-state index is 6.03. The van der Waals surface area contributed by atoms with Gasteiger partial charge in [0, 0.05) is 18.9 Å². The summed E-state index contributed by atoms with van der Waals surface area (Å²) in [6.45, 7) is 1.30. The highest BCUT2D eigenvalue weighted by Gasteiger charge is 2.53. The SMILES string of the molecule is NCC1COC2(CC3CCC2CC3)O1. The Morgan fingerprint density at radius 2 is 2.00 bits per heavy atom. The molecule has 0 aromatic heterocycles. The van der Waals surface area contributed by atoms with Crippen LogP contribution in [0.15, 0.2) is 0 Å². The molecule has 1 spiro atoms. The molecule has 3 nitrogen and oxygen atoms in total. The topological polar surface area (TPSA) is 44.5 Å². The van der Waals surface area contributed by atoms with Gasteiger partial charge in [-0.1, -0.05) is 0 Å². The molecule has 14 heavy (non-hydrogen) atoms. The van der Waals surface area contributed by atoms with Crippen LogP contribution in [0.4, 0.5) is 0 Å². The van der Waals surface area contributed by atoms with Gasteiger partial charge in [-0.15, -0.1) is 0 Å². The highest BCUT2D eigenvalue weighted by Crippen LogP contribution is 2.51. The molecule has 2 atom stereocenters. The molecule has 0 aromatic rings. The van der Waals surface area contributed by atoms with Crippen LogP contribution < -0.4 is 5.73 Å². The summed E-state index contributed by atoms with van der Waals surface area (Å²) in [7, 11) is 0. The van der Waals surface area contributed by atoms with Crippen molar-refractivity contribution in [1.29, 1.82) is 0 Å². The normalized spacial score (nSPS) is 51.6.